The predicted molar refractivity (Wildman–Crippen MR) is 128 cm³/mol. The molecule has 0 atom stereocenters. The van der Waals surface area contributed by atoms with E-state index < -0.39 is 5.91 Å². The third kappa shape index (κ3) is 5.48. The van der Waals surface area contributed by atoms with Gasteiger partial charge in [0, 0.05) is 16.1 Å². The molecule has 0 aliphatic heterocycles. The number of hydrogen-bond donors (Lipinski definition) is 1. The molecule has 1 amide bonds. The maximum absolute atomic E-state index is 12.9. The van der Waals surface area contributed by atoms with Gasteiger partial charge in [-0.25, -0.2) is 4.68 Å². The number of carbonyl (C=O) groups is 2. The summed E-state index contributed by atoms with van der Waals surface area (Å²) in [5.74, 6) is 0.0852. The Morgan fingerprint density at radius 3 is 2.36 bits per heavy atom. The first kappa shape index (κ1) is 22.3. The van der Waals surface area contributed by atoms with Crippen LogP contribution in [0.3, 0.4) is 0 Å². The summed E-state index contributed by atoms with van der Waals surface area (Å²) < 4.78 is 7.31. The second kappa shape index (κ2) is 10.1. The number of nitrogens with one attached hydrogen (secondary N) is 1. The molecule has 0 saturated heterocycles. The largest absolute Gasteiger partial charge is 0.471 e. The van der Waals surface area contributed by atoms with Gasteiger partial charge < -0.3 is 10.1 Å². The highest BCUT2D eigenvalue weighted by Crippen LogP contribution is 2.19. The fourth-order valence-corrected chi connectivity index (χ4v) is 3.42. The van der Waals surface area contributed by atoms with Crippen LogP contribution in [0.2, 0.25) is 5.02 Å². The fourth-order valence-electron chi connectivity index (χ4n) is 3.30. The molecule has 4 aromatic rings. The molecule has 0 bridgehead atoms. The van der Waals surface area contributed by atoms with E-state index in [0.29, 0.717) is 21.8 Å². The minimum atomic E-state index is -0.400. The molecule has 6 nitrogen and oxygen atoms in total. The Kier molecular flexibility index (Phi) is 6.86. The molecule has 1 heterocycles. The summed E-state index contributed by atoms with van der Waals surface area (Å²) in [5.41, 5.74) is 2.78. The molecule has 166 valence electrons. The van der Waals surface area contributed by atoms with Gasteiger partial charge in [0.15, 0.2) is 12.5 Å². The maximum atomic E-state index is 12.9. The molecule has 0 aliphatic carbocycles. The van der Waals surface area contributed by atoms with Crippen LogP contribution in [0.15, 0.2) is 85.2 Å². The van der Waals surface area contributed by atoms with Crippen molar-refractivity contribution in [2.75, 3.05) is 5.32 Å². The van der Waals surface area contributed by atoms with Gasteiger partial charge in [-0.05, 0) is 54.4 Å². The Bertz CT molecular complexity index is 1260. The van der Waals surface area contributed by atoms with E-state index >= 15 is 0 Å². The van der Waals surface area contributed by atoms with Gasteiger partial charge in [0.2, 0.25) is 0 Å². The van der Waals surface area contributed by atoms with E-state index in [1.165, 1.54) is 11.8 Å². The van der Waals surface area contributed by atoms with Crippen molar-refractivity contribution in [3.8, 4) is 5.75 Å². The number of nitrogens with zero attached hydrogens (tertiary/aromatic N) is 2. The van der Waals surface area contributed by atoms with Gasteiger partial charge in [0.25, 0.3) is 5.91 Å². The summed E-state index contributed by atoms with van der Waals surface area (Å²) >= 11 is 5.91. The highest BCUT2D eigenvalue weighted by atomic mass is 35.5. The molecule has 0 aliphatic rings. The van der Waals surface area contributed by atoms with Crippen molar-refractivity contribution in [2.45, 2.75) is 20.1 Å². The van der Waals surface area contributed by atoms with E-state index in [-0.39, 0.29) is 18.1 Å². The minimum absolute atomic E-state index is 0.201. The Balaban J connectivity index is 1.43. The summed E-state index contributed by atoms with van der Waals surface area (Å²) in [4.78, 5) is 25.9. The molecular weight excluding hydrogens is 438 g/mol. The number of aryl methyl sites for hydroxylation is 1. The highest BCUT2D eigenvalue weighted by Gasteiger charge is 2.18. The van der Waals surface area contributed by atoms with Crippen molar-refractivity contribution in [1.29, 1.82) is 0 Å². The van der Waals surface area contributed by atoms with Crippen molar-refractivity contribution < 1.29 is 14.3 Å². The first-order valence-corrected chi connectivity index (χ1v) is 10.9. The monoisotopic (exact) mass is 459 g/mol. The van der Waals surface area contributed by atoms with Gasteiger partial charge in [-0.3, -0.25) is 9.59 Å². The Morgan fingerprint density at radius 1 is 0.970 bits per heavy atom. The fraction of sp³-hybridized carbons (Fsp3) is 0.115. The van der Waals surface area contributed by atoms with E-state index in [1.54, 1.807) is 59.4 Å². The minimum Gasteiger partial charge on any atom is -0.471 e. The van der Waals surface area contributed by atoms with Crippen molar-refractivity contribution >= 4 is 29.0 Å². The first-order chi connectivity index (χ1) is 16.0. The first-order valence-electron chi connectivity index (χ1n) is 10.5. The molecule has 7 heteroatoms. The number of hydrogen-bond acceptors (Lipinski definition) is 4. The van der Waals surface area contributed by atoms with Gasteiger partial charge in [0.1, 0.15) is 5.75 Å². The Morgan fingerprint density at radius 2 is 1.67 bits per heavy atom. The lowest BCUT2D eigenvalue weighted by Gasteiger charge is -2.09. The predicted octanol–water partition coefficient (Wildman–Crippen LogP) is 5.62. The van der Waals surface area contributed by atoms with Crippen LogP contribution in [-0.2, 0) is 13.2 Å². The molecule has 33 heavy (non-hydrogen) atoms. The zero-order chi connectivity index (χ0) is 23.2. The summed E-state index contributed by atoms with van der Waals surface area (Å²) in [7, 11) is 0. The van der Waals surface area contributed by atoms with Crippen molar-refractivity contribution in [2.24, 2.45) is 0 Å². The smallest absolute Gasteiger partial charge is 0.256 e. The molecule has 1 N–H and O–H groups in total. The number of benzene rings is 3. The summed E-state index contributed by atoms with van der Waals surface area (Å²) in [6.45, 7) is 2.30. The van der Waals surface area contributed by atoms with Crippen LogP contribution in [0.4, 0.5) is 5.69 Å². The van der Waals surface area contributed by atoms with E-state index in [1.807, 2.05) is 24.3 Å². The second-order valence-corrected chi connectivity index (χ2v) is 7.81. The van der Waals surface area contributed by atoms with Gasteiger partial charge >= 0.3 is 0 Å². The van der Waals surface area contributed by atoms with Crippen LogP contribution >= 0.6 is 11.6 Å². The Hall–Kier alpha value is -3.90. The molecule has 0 saturated carbocycles. The average molecular weight is 460 g/mol. The van der Waals surface area contributed by atoms with Gasteiger partial charge in [-0.1, -0.05) is 48.9 Å². The average Bonchev–Trinajstić information content (AvgIpc) is 3.30. The maximum Gasteiger partial charge on any atom is 0.256 e. The number of ketones is 1. The lowest BCUT2D eigenvalue weighted by atomic mass is 9.98. The number of aromatic nitrogens is 2. The molecule has 0 spiro atoms. The normalized spacial score (nSPS) is 10.6. The molecule has 3 aromatic carbocycles. The number of ether oxygens (including phenoxy) is 1. The summed E-state index contributed by atoms with van der Waals surface area (Å²) in [6.07, 6.45) is 4.17. The van der Waals surface area contributed by atoms with Gasteiger partial charge in [0.05, 0.1) is 23.6 Å². The topological polar surface area (TPSA) is 73.2 Å². The number of amides is 1. The van der Waals surface area contributed by atoms with E-state index in [4.69, 9.17) is 16.3 Å². The lowest BCUT2D eigenvalue weighted by Crippen LogP contribution is -2.16. The molecule has 0 radical (unpaired) electrons. The van der Waals surface area contributed by atoms with Gasteiger partial charge in [-0.15, -0.1) is 0 Å². The van der Waals surface area contributed by atoms with Crippen LogP contribution in [0.25, 0.3) is 0 Å². The molecule has 0 unspecified atom stereocenters. The Labute approximate surface area is 196 Å². The molecule has 1 aromatic heterocycles. The lowest BCUT2D eigenvalue weighted by molar-refractivity contribution is 0.0996. The van der Waals surface area contributed by atoms with E-state index in [0.717, 1.165) is 12.2 Å². The molecule has 0 fully saturated rings. The highest BCUT2D eigenvalue weighted by molar-refractivity contribution is 6.30. The summed E-state index contributed by atoms with van der Waals surface area (Å²) in [6, 6.07) is 21.1. The van der Waals surface area contributed by atoms with Gasteiger partial charge in [-0.2, -0.15) is 5.10 Å². The second-order valence-electron chi connectivity index (χ2n) is 7.38. The van der Waals surface area contributed by atoms with Crippen LogP contribution < -0.4 is 10.1 Å². The van der Waals surface area contributed by atoms with E-state index in [9.17, 15) is 9.59 Å². The molecular formula is C26H22ClN3O3. The SMILES string of the molecule is CCc1ccc(OCn2cc(NC(=O)c3ccccc3C(=O)c3ccc(Cl)cc3)cn2)cc1. The number of carbonyl (C=O) groups excluding carboxylic acids is 2. The van der Waals surface area contributed by atoms with Crippen molar-refractivity contribution in [3.05, 3.63) is 112 Å². The number of anilines is 1. The number of rotatable bonds is 8. The zero-order valence-electron chi connectivity index (χ0n) is 18.0. The standard InChI is InChI=1S/C26H22ClN3O3/c1-2-18-7-13-22(14-8-18)33-17-30-16-21(15-28-30)29-26(32)24-6-4-3-5-23(24)25(31)19-9-11-20(27)12-10-19/h3-16H,2,17H2,1H3,(H,29,32). The molecule has 4 rings (SSSR count). The zero-order valence-corrected chi connectivity index (χ0v) is 18.8. The quantitative estimate of drug-likeness (QED) is 0.347. The van der Waals surface area contributed by atoms with Crippen LogP contribution in [-0.4, -0.2) is 21.5 Å². The van der Waals surface area contributed by atoms with E-state index in [2.05, 4.69) is 17.3 Å². The van der Waals surface area contributed by atoms with Crippen LogP contribution in [0.5, 0.6) is 5.75 Å². The van der Waals surface area contributed by atoms with Crippen LogP contribution in [0.1, 0.15) is 38.8 Å². The number of halogens is 1. The van der Waals surface area contributed by atoms with Crippen molar-refractivity contribution in [3.63, 3.8) is 0 Å². The van der Waals surface area contributed by atoms with Crippen molar-refractivity contribution in [1.82, 2.24) is 9.78 Å². The summed E-state index contributed by atoms with van der Waals surface area (Å²) in [5, 5.41) is 7.56. The third-order valence-corrected chi connectivity index (χ3v) is 5.36. The third-order valence-electron chi connectivity index (χ3n) is 5.11. The van der Waals surface area contributed by atoms with Crippen LogP contribution in [0, 0.1) is 0 Å².